The molecule has 14 heteroatoms. The number of benzene rings is 2. The Hall–Kier alpha value is -4.62. The summed E-state index contributed by atoms with van der Waals surface area (Å²) >= 11 is 0. The summed E-state index contributed by atoms with van der Waals surface area (Å²) in [4.78, 5) is 23.9. The minimum Gasteiger partial charge on any atom is -0.383 e. The summed E-state index contributed by atoms with van der Waals surface area (Å²) in [5.74, 6) is 1.02. The number of anilines is 4. The minimum absolute atomic E-state index is 0.133. The Morgan fingerprint density at radius 1 is 0.897 bits per heavy atom. The van der Waals surface area contributed by atoms with E-state index in [9.17, 15) is 14.5 Å². The first-order valence-electron chi connectivity index (χ1n) is 12.8. The second-order valence-electron chi connectivity index (χ2n) is 9.21. The van der Waals surface area contributed by atoms with Gasteiger partial charge in [0.25, 0.3) is 0 Å². The molecule has 0 aliphatic heterocycles. The Morgan fingerprint density at radius 2 is 1.59 bits per heavy atom. The molecule has 0 bridgehead atoms. The highest BCUT2D eigenvalue weighted by molar-refractivity contribution is 5.93. The summed E-state index contributed by atoms with van der Waals surface area (Å²) in [6, 6.07) is 9.52. The van der Waals surface area contributed by atoms with Crippen LogP contribution in [0.5, 0.6) is 0 Å². The third kappa shape index (κ3) is 7.93. The molecule has 0 spiro atoms. The Bertz CT molecular complexity index is 1400. The molecular formula is C25H31FN10O3. The second-order valence-corrected chi connectivity index (χ2v) is 9.21. The van der Waals surface area contributed by atoms with Crippen molar-refractivity contribution in [3.63, 3.8) is 0 Å². The number of rotatable bonds is 15. The average Bonchev–Trinajstić information content (AvgIpc) is 3.39. The Labute approximate surface area is 224 Å². The molecule has 2 heterocycles. The maximum Gasteiger partial charge on any atom is 0.300 e. The number of hydrogen-bond acceptors (Lipinski definition) is 12. The molecular weight excluding hydrogens is 507 g/mol. The number of nitrogens with zero attached hydrogens (tertiary/aromatic N) is 6. The van der Waals surface area contributed by atoms with Crippen LogP contribution in [-0.2, 0) is 6.54 Å². The van der Waals surface area contributed by atoms with Crippen LogP contribution < -0.4 is 21.3 Å². The summed E-state index contributed by atoms with van der Waals surface area (Å²) < 4.78 is 18.2. The number of nitrogens with one attached hydrogen (secondary N) is 4. The number of unbranched alkanes of at least 4 members (excludes halogenated alkanes) is 3. The molecule has 0 atom stereocenters. The Balaban J connectivity index is 1.21. The van der Waals surface area contributed by atoms with Crippen molar-refractivity contribution >= 4 is 40.3 Å². The van der Waals surface area contributed by atoms with Crippen LogP contribution in [-0.4, -0.2) is 49.3 Å². The van der Waals surface area contributed by atoms with E-state index in [1.807, 2.05) is 19.9 Å². The van der Waals surface area contributed by atoms with Crippen LogP contribution in [0.25, 0.3) is 11.0 Å². The van der Waals surface area contributed by atoms with Crippen molar-refractivity contribution in [3.8, 4) is 0 Å². The van der Waals surface area contributed by atoms with Gasteiger partial charge in [-0.05, 0) is 60.8 Å². The van der Waals surface area contributed by atoms with Gasteiger partial charge in [0, 0.05) is 31.7 Å². The van der Waals surface area contributed by atoms with Gasteiger partial charge in [-0.3, -0.25) is 10.1 Å². The van der Waals surface area contributed by atoms with Gasteiger partial charge in [-0.2, -0.15) is 15.0 Å². The lowest BCUT2D eigenvalue weighted by Gasteiger charge is -2.13. The van der Waals surface area contributed by atoms with Crippen LogP contribution in [0, 0.1) is 15.9 Å². The third-order valence-electron chi connectivity index (χ3n) is 5.69. The molecule has 0 fully saturated rings. The maximum atomic E-state index is 13.5. The molecule has 4 aromatic rings. The van der Waals surface area contributed by atoms with Gasteiger partial charge in [-0.1, -0.05) is 25.0 Å². The summed E-state index contributed by atoms with van der Waals surface area (Å²) in [5.41, 5.74) is 1.79. The third-order valence-corrected chi connectivity index (χ3v) is 5.69. The number of aromatic nitrogens is 5. The lowest BCUT2D eigenvalue weighted by atomic mass is 10.2. The van der Waals surface area contributed by atoms with Crippen molar-refractivity contribution in [1.82, 2.24) is 25.3 Å². The highest BCUT2D eigenvalue weighted by Gasteiger charge is 2.19. The van der Waals surface area contributed by atoms with E-state index in [0.29, 0.717) is 48.7 Å². The number of halogens is 1. The molecule has 0 amide bonds. The standard InChI is InChI=1S/C25H31FN10O3/c1-16(2)30-25-32-23(31-24(33-25)29-15-17-8-7-9-18(26)14-17)28-13-6-4-3-5-12-27-19-10-11-20(36(37)38)22-21(19)34-39-35-22/h7-11,14,16,27H,3-6,12-13,15H2,1-2H3,(H3,28,29,30,31,32,33). The molecule has 206 valence electrons. The molecule has 13 nitrogen and oxygen atoms in total. The average molecular weight is 539 g/mol. The topological polar surface area (TPSA) is 169 Å². The summed E-state index contributed by atoms with van der Waals surface area (Å²) in [6.07, 6.45) is 3.80. The first kappa shape index (κ1) is 27.4. The van der Waals surface area contributed by atoms with Crippen LogP contribution in [0.4, 0.5) is 33.6 Å². The first-order valence-corrected chi connectivity index (χ1v) is 12.8. The fraction of sp³-hybridized carbons (Fsp3) is 0.400. The van der Waals surface area contributed by atoms with Gasteiger partial charge in [-0.15, -0.1) is 0 Å². The highest BCUT2D eigenvalue weighted by Crippen LogP contribution is 2.28. The van der Waals surface area contributed by atoms with Crippen LogP contribution >= 0.6 is 0 Å². The number of nitro groups is 1. The quantitative estimate of drug-likeness (QED) is 0.0912. The van der Waals surface area contributed by atoms with Crippen molar-refractivity contribution < 1.29 is 13.9 Å². The van der Waals surface area contributed by atoms with E-state index in [-0.39, 0.29) is 23.1 Å². The number of nitro benzene ring substituents is 1. The number of hydrogen-bond donors (Lipinski definition) is 4. The monoisotopic (exact) mass is 538 g/mol. The molecule has 0 unspecified atom stereocenters. The largest absolute Gasteiger partial charge is 0.383 e. The summed E-state index contributed by atoms with van der Waals surface area (Å²) in [5, 5.41) is 31.4. The molecule has 4 N–H and O–H groups in total. The lowest BCUT2D eigenvalue weighted by Crippen LogP contribution is -2.16. The van der Waals surface area contributed by atoms with Crippen LogP contribution in [0.2, 0.25) is 0 Å². The zero-order chi connectivity index (χ0) is 27.6. The summed E-state index contributed by atoms with van der Waals surface area (Å²) in [7, 11) is 0. The maximum absolute atomic E-state index is 13.5. The van der Waals surface area contributed by atoms with Crippen molar-refractivity contribution in [2.45, 2.75) is 52.1 Å². The molecule has 0 saturated heterocycles. The van der Waals surface area contributed by atoms with Gasteiger partial charge >= 0.3 is 5.69 Å². The van der Waals surface area contributed by atoms with Gasteiger partial charge in [-0.25, -0.2) is 9.02 Å². The Kier molecular flexibility index (Phi) is 9.32. The van der Waals surface area contributed by atoms with Gasteiger partial charge in [0.05, 0.1) is 10.6 Å². The van der Waals surface area contributed by atoms with E-state index >= 15 is 0 Å². The smallest absolute Gasteiger partial charge is 0.300 e. The van der Waals surface area contributed by atoms with E-state index in [2.05, 4.69) is 51.2 Å². The van der Waals surface area contributed by atoms with E-state index in [4.69, 9.17) is 0 Å². The first-order chi connectivity index (χ1) is 18.9. The fourth-order valence-corrected chi connectivity index (χ4v) is 3.86. The zero-order valence-corrected chi connectivity index (χ0v) is 21.8. The Morgan fingerprint density at radius 3 is 2.31 bits per heavy atom. The summed E-state index contributed by atoms with van der Waals surface area (Å²) in [6.45, 7) is 5.76. The molecule has 0 aliphatic rings. The molecule has 2 aromatic heterocycles. The van der Waals surface area contributed by atoms with Crippen LogP contribution in [0.1, 0.15) is 45.1 Å². The van der Waals surface area contributed by atoms with E-state index in [0.717, 1.165) is 31.2 Å². The predicted octanol–water partition coefficient (Wildman–Crippen LogP) is 4.97. The van der Waals surface area contributed by atoms with Crippen molar-refractivity contribution in [2.24, 2.45) is 0 Å². The zero-order valence-electron chi connectivity index (χ0n) is 21.8. The van der Waals surface area contributed by atoms with Crippen LogP contribution in [0.15, 0.2) is 41.0 Å². The van der Waals surface area contributed by atoms with Gasteiger partial charge in [0.2, 0.25) is 23.4 Å². The molecule has 0 saturated carbocycles. The molecule has 4 rings (SSSR count). The van der Waals surface area contributed by atoms with Gasteiger partial charge in [0.1, 0.15) is 5.82 Å². The molecule has 39 heavy (non-hydrogen) atoms. The van der Waals surface area contributed by atoms with Crippen molar-refractivity contribution in [1.29, 1.82) is 0 Å². The highest BCUT2D eigenvalue weighted by atomic mass is 19.1. The van der Waals surface area contributed by atoms with Crippen molar-refractivity contribution in [2.75, 3.05) is 34.4 Å². The lowest BCUT2D eigenvalue weighted by molar-refractivity contribution is -0.383. The van der Waals surface area contributed by atoms with Gasteiger partial charge < -0.3 is 21.3 Å². The van der Waals surface area contributed by atoms with Crippen LogP contribution in [0.3, 0.4) is 0 Å². The number of fused-ring (bicyclic) bond motifs is 1. The second kappa shape index (κ2) is 13.3. The molecule has 0 radical (unpaired) electrons. The van der Waals surface area contributed by atoms with E-state index in [1.54, 1.807) is 12.1 Å². The van der Waals surface area contributed by atoms with Crippen molar-refractivity contribution in [3.05, 3.63) is 57.9 Å². The SMILES string of the molecule is CC(C)Nc1nc(NCCCCCCNc2ccc([N+](=O)[O-])c3nonc23)nc(NCc2cccc(F)c2)n1. The minimum atomic E-state index is -0.507. The van der Waals surface area contributed by atoms with Gasteiger partial charge in [0.15, 0.2) is 5.52 Å². The van der Waals surface area contributed by atoms with E-state index < -0.39 is 4.92 Å². The molecule has 0 aliphatic carbocycles. The predicted molar refractivity (Wildman–Crippen MR) is 146 cm³/mol. The van der Waals surface area contributed by atoms with E-state index in [1.165, 1.54) is 18.2 Å². The molecule has 2 aromatic carbocycles. The fourth-order valence-electron chi connectivity index (χ4n) is 3.86. The normalized spacial score (nSPS) is 11.1. The number of non-ortho nitro benzene ring substituents is 1.